The molecule has 0 aliphatic heterocycles. The molecule has 0 aromatic carbocycles. The van der Waals surface area contributed by atoms with Gasteiger partial charge in [0.1, 0.15) is 6.04 Å². The molecule has 0 bridgehead atoms. The molecule has 1 unspecified atom stereocenters. The predicted molar refractivity (Wildman–Crippen MR) is 65.9 cm³/mol. The second kappa shape index (κ2) is 7.33. The Hall–Kier alpha value is -1.14. The molecule has 4 N–H and O–H groups in total. The number of amides is 1. The molecule has 18 heavy (non-hydrogen) atoms. The van der Waals surface area contributed by atoms with Crippen molar-refractivity contribution in [3.8, 4) is 0 Å². The number of carbonyl (C=O) groups is 2. The third-order valence-corrected chi connectivity index (χ3v) is 3.44. The van der Waals surface area contributed by atoms with E-state index in [1.807, 2.05) is 0 Å². The maximum atomic E-state index is 11.5. The van der Waals surface area contributed by atoms with Gasteiger partial charge in [0.05, 0.1) is 12.5 Å². The zero-order chi connectivity index (χ0) is 13.5. The van der Waals surface area contributed by atoms with Crippen LogP contribution in [0, 0.1) is 11.8 Å². The van der Waals surface area contributed by atoms with E-state index in [2.05, 4.69) is 5.32 Å². The van der Waals surface area contributed by atoms with E-state index in [1.54, 1.807) is 0 Å². The van der Waals surface area contributed by atoms with Crippen molar-refractivity contribution in [2.75, 3.05) is 20.3 Å². The van der Waals surface area contributed by atoms with Crippen molar-refractivity contribution in [1.29, 1.82) is 0 Å². The summed E-state index contributed by atoms with van der Waals surface area (Å²) in [6.45, 7) is 0.778. The molecule has 0 radical (unpaired) electrons. The molecular weight excluding hydrogens is 236 g/mol. The topological polar surface area (TPSA) is 102 Å². The van der Waals surface area contributed by atoms with Crippen LogP contribution < -0.4 is 11.1 Å². The molecule has 6 nitrogen and oxygen atoms in total. The van der Waals surface area contributed by atoms with Crippen LogP contribution in [0.2, 0.25) is 0 Å². The normalized spacial score (nSPS) is 25.4. The Kier molecular flexibility index (Phi) is 6.07. The number of methoxy groups -OCH3 is 1. The zero-order valence-corrected chi connectivity index (χ0v) is 10.7. The Labute approximate surface area is 107 Å². The Balaban J connectivity index is 2.21. The predicted octanol–water partition coefficient (Wildman–Crippen LogP) is -0.0327. The zero-order valence-electron chi connectivity index (χ0n) is 10.7. The van der Waals surface area contributed by atoms with Gasteiger partial charge in [0.15, 0.2) is 0 Å². The molecule has 1 aliphatic carbocycles. The maximum Gasteiger partial charge on any atom is 0.306 e. The highest BCUT2D eigenvalue weighted by molar-refractivity contribution is 5.81. The fourth-order valence-corrected chi connectivity index (χ4v) is 2.24. The van der Waals surface area contributed by atoms with Gasteiger partial charge in [0.25, 0.3) is 0 Å². The number of hydrogen-bond acceptors (Lipinski definition) is 4. The fraction of sp³-hybridized carbons (Fsp3) is 0.833. The van der Waals surface area contributed by atoms with Gasteiger partial charge in [-0.3, -0.25) is 9.59 Å². The van der Waals surface area contributed by atoms with Crippen LogP contribution >= 0.6 is 0 Å². The van der Waals surface area contributed by atoms with E-state index in [4.69, 9.17) is 15.6 Å². The number of carboxylic acids is 1. The smallest absolute Gasteiger partial charge is 0.306 e. The number of rotatable bonds is 6. The van der Waals surface area contributed by atoms with Gasteiger partial charge in [0, 0.05) is 13.7 Å². The third kappa shape index (κ3) is 4.62. The summed E-state index contributed by atoms with van der Waals surface area (Å²) >= 11 is 0. The van der Waals surface area contributed by atoms with Crippen molar-refractivity contribution in [2.24, 2.45) is 17.6 Å². The summed E-state index contributed by atoms with van der Waals surface area (Å²) in [5.74, 6) is -0.774. The molecule has 104 valence electrons. The minimum absolute atomic E-state index is 0.206. The van der Waals surface area contributed by atoms with Crippen LogP contribution in [0.15, 0.2) is 0 Å². The number of carboxylic acid groups (broad SMARTS) is 1. The second-order valence-corrected chi connectivity index (χ2v) is 4.86. The summed E-state index contributed by atoms with van der Waals surface area (Å²) in [7, 11) is 1.50. The number of ether oxygens (including phenoxy) is 1. The van der Waals surface area contributed by atoms with Crippen molar-refractivity contribution in [2.45, 2.75) is 31.7 Å². The lowest BCUT2D eigenvalue weighted by molar-refractivity contribution is -0.143. The van der Waals surface area contributed by atoms with E-state index in [0.29, 0.717) is 25.3 Å². The maximum absolute atomic E-state index is 11.5. The molecule has 1 rings (SSSR count). The molecule has 1 fully saturated rings. The lowest BCUT2D eigenvalue weighted by Gasteiger charge is -2.26. The Morgan fingerprint density at radius 2 is 2.00 bits per heavy atom. The van der Waals surface area contributed by atoms with Crippen molar-refractivity contribution < 1.29 is 19.4 Å². The van der Waals surface area contributed by atoms with Gasteiger partial charge in [0.2, 0.25) is 5.91 Å². The van der Waals surface area contributed by atoms with Gasteiger partial charge in [-0.1, -0.05) is 0 Å². The van der Waals surface area contributed by atoms with Gasteiger partial charge in [-0.05, 0) is 31.6 Å². The number of carbonyl (C=O) groups excluding carboxylic acids is 1. The van der Waals surface area contributed by atoms with Crippen molar-refractivity contribution in [1.82, 2.24) is 5.32 Å². The summed E-state index contributed by atoms with van der Waals surface area (Å²) in [4.78, 5) is 22.3. The first kappa shape index (κ1) is 14.9. The Morgan fingerprint density at radius 1 is 1.39 bits per heavy atom. The van der Waals surface area contributed by atoms with Crippen LogP contribution in [0.5, 0.6) is 0 Å². The van der Waals surface area contributed by atoms with Crippen LogP contribution in [0.3, 0.4) is 0 Å². The molecule has 0 spiro atoms. The molecule has 6 heteroatoms. The minimum atomic E-state index is -0.709. The van der Waals surface area contributed by atoms with Crippen LogP contribution in [-0.4, -0.2) is 43.3 Å². The summed E-state index contributed by atoms with van der Waals surface area (Å²) < 4.78 is 4.81. The molecule has 0 saturated heterocycles. The monoisotopic (exact) mass is 258 g/mol. The van der Waals surface area contributed by atoms with Crippen molar-refractivity contribution >= 4 is 11.9 Å². The van der Waals surface area contributed by atoms with E-state index < -0.39 is 12.0 Å². The van der Waals surface area contributed by atoms with E-state index in [9.17, 15) is 9.59 Å². The molecule has 1 atom stereocenters. The van der Waals surface area contributed by atoms with Crippen LogP contribution in [-0.2, 0) is 14.3 Å². The van der Waals surface area contributed by atoms with E-state index in [0.717, 1.165) is 12.8 Å². The minimum Gasteiger partial charge on any atom is -0.481 e. The summed E-state index contributed by atoms with van der Waals surface area (Å²) in [6.07, 6.45) is 3.08. The van der Waals surface area contributed by atoms with Gasteiger partial charge < -0.3 is 20.9 Å². The summed E-state index contributed by atoms with van der Waals surface area (Å²) in [6, 6.07) is -0.634. The Morgan fingerprint density at radius 3 is 2.50 bits per heavy atom. The highest BCUT2D eigenvalue weighted by Gasteiger charge is 2.26. The molecule has 1 amide bonds. The molecule has 1 aliphatic rings. The highest BCUT2D eigenvalue weighted by atomic mass is 16.5. The third-order valence-electron chi connectivity index (χ3n) is 3.44. The van der Waals surface area contributed by atoms with E-state index in [1.165, 1.54) is 7.11 Å². The van der Waals surface area contributed by atoms with E-state index >= 15 is 0 Å². The molecular formula is C12H22N2O4. The van der Waals surface area contributed by atoms with Gasteiger partial charge >= 0.3 is 5.97 Å². The highest BCUT2D eigenvalue weighted by Crippen LogP contribution is 2.28. The first-order valence-corrected chi connectivity index (χ1v) is 6.29. The summed E-state index contributed by atoms with van der Waals surface area (Å²) in [5.41, 5.74) is 5.59. The molecule has 0 heterocycles. The van der Waals surface area contributed by atoms with Gasteiger partial charge in [-0.15, -0.1) is 0 Å². The lowest BCUT2D eigenvalue weighted by atomic mass is 9.82. The van der Waals surface area contributed by atoms with Gasteiger partial charge in [-0.2, -0.15) is 0 Å². The Bertz CT molecular complexity index is 288. The van der Waals surface area contributed by atoms with Crippen molar-refractivity contribution in [3.05, 3.63) is 0 Å². The second-order valence-electron chi connectivity index (χ2n) is 4.86. The van der Waals surface area contributed by atoms with E-state index in [-0.39, 0.29) is 18.4 Å². The quantitative estimate of drug-likeness (QED) is 0.621. The summed E-state index contributed by atoms with van der Waals surface area (Å²) in [5, 5.41) is 11.7. The number of nitrogens with two attached hydrogens (primary N) is 1. The number of hydrogen-bond donors (Lipinski definition) is 3. The average molecular weight is 258 g/mol. The number of aliphatic carboxylic acids is 1. The fourth-order valence-electron chi connectivity index (χ4n) is 2.24. The molecule has 0 aromatic rings. The molecule has 1 saturated carbocycles. The first-order valence-electron chi connectivity index (χ1n) is 6.29. The first-order chi connectivity index (χ1) is 8.54. The SMILES string of the molecule is COCC(N)C(=O)NCC1CCC(C(=O)O)CC1. The van der Waals surface area contributed by atoms with Crippen molar-refractivity contribution in [3.63, 3.8) is 0 Å². The standard InChI is InChI=1S/C12H22N2O4/c1-18-7-10(13)11(15)14-6-8-2-4-9(5-3-8)12(16)17/h8-10H,2-7,13H2,1H3,(H,14,15)(H,16,17). The van der Waals surface area contributed by atoms with Crippen LogP contribution in [0.4, 0.5) is 0 Å². The van der Waals surface area contributed by atoms with Crippen LogP contribution in [0.1, 0.15) is 25.7 Å². The van der Waals surface area contributed by atoms with Gasteiger partial charge in [-0.25, -0.2) is 0 Å². The molecule has 0 aromatic heterocycles. The largest absolute Gasteiger partial charge is 0.481 e. The lowest BCUT2D eigenvalue weighted by Crippen LogP contribution is -2.45. The number of nitrogens with one attached hydrogen (secondary N) is 1. The van der Waals surface area contributed by atoms with Crippen LogP contribution in [0.25, 0.3) is 0 Å². The average Bonchev–Trinajstić information content (AvgIpc) is 2.36.